The fourth-order valence-corrected chi connectivity index (χ4v) is 3.97. The second-order valence-corrected chi connectivity index (χ2v) is 8.67. The summed E-state index contributed by atoms with van der Waals surface area (Å²) in [4.78, 5) is 0. The Morgan fingerprint density at radius 3 is 2.08 bits per heavy atom. The standard InChI is InChI=1S/C28H28F6O2/c1-3-5-7-8-17-10-13-19(14-11-17)36-28(33,34)24-21(29)16-22(35)23(27(24)32)20-15-12-18(9-6-4-2)25(30)26(20)31/h10-16,35H,3-9H2,1-2H3. The van der Waals surface area contributed by atoms with E-state index in [1.807, 2.05) is 6.92 Å². The molecule has 36 heavy (non-hydrogen) atoms. The van der Waals surface area contributed by atoms with Crippen LogP contribution in [0.15, 0.2) is 42.5 Å². The average Bonchev–Trinajstić information content (AvgIpc) is 2.81. The van der Waals surface area contributed by atoms with Crippen LogP contribution < -0.4 is 4.74 Å². The normalized spacial score (nSPS) is 11.7. The number of hydrogen-bond donors (Lipinski definition) is 1. The lowest BCUT2D eigenvalue weighted by Gasteiger charge is -2.21. The van der Waals surface area contributed by atoms with Crippen molar-refractivity contribution in [3.05, 3.63) is 82.4 Å². The van der Waals surface area contributed by atoms with E-state index in [1.165, 1.54) is 18.2 Å². The van der Waals surface area contributed by atoms with Gasteiger partial charge in [0.2, 0.25) is 0 Å². The molecule has 0 aliphatic carbocycles. The monoisotopic (exact) mass is 510 g/mol. The van der Waals surface area contributed by atoms with E-state index in [-0.39, 0.29) is 23.8 Å². The van der Waals surface area contributed by atoms with Crippen LogP contribution in [0.25, 0.3) is 11.1 Å². The van der Waals surface area contributed by atoms with Gasteiger partial charge >= 0.3 is 6.11 Å². The zero-order chi connectivity index (χ0) is 26.5. The number of benzene rings is 3. The molecule has 8 heteroatoms. The van der Waals surface area contributed by atoms with Crippen molar-refractivity contribution in [1.29, 1.82) is 0 Å². The van der Waals surface area contributed by atoms with E-state index < -0.39 is 51.8 Å². The van der Waals surface area contributed by atoms with Crippen molar-refractivity contribution in [3.63, 3.8) is 0 Å². The molecule has 0 spiro atoms. The second-order valence-electron chi connectivity index (χ2n) is 8.67. The Hall–Kier alpha value is -3.16. The number of halogens is 6. The number of alkyl halides is 2. The molecule has 0 saturated carbocycles. The summed E-state index contributed by atoms with van der Waals surface area (Å²) in [5, 5.41) is 10.1. The molecule has 0 unspecified atom stereocenters. The lowest BCUT2D eigenvalue weighted by atomic mass is 9.96. The maximum Gasteiger partial charge on any atom is 0.432 e. The van der Waals surface area contributed by atoms with Gasteiger partial charge in [-0.15, -0.1) is 0 Å². The van der Waals surface area contributed by atoms with Gasteiger partial charge in [0.05, 0.1) is 5.56 Å². The molecule has 3 aromatic carbocycles. The molecule has 3 aromatic rings. The quantitative estimate of drug-likeness (QED) is 0.206. The van der Waals surface area contributed by atoms with Crippen LogP contribution in [-0.4, -0.2) is 5.11 Å². The summed E-state index contributed by atoms with van der Waals surface area (Å²) in [6, 6.07) is 8.06. The number of hydrogen-bond acceptors (Lipinski definition) is 2. The van der Waals surface area contributed by atoms with Gasteiger partial charge in [-0.2, -0.15) is 8.78 Å². The predicted molar refractivity (Wildman–Crippen MR) is 126 cm³/mol. The molecule has 3 rings (SSSR count). The van der Waals surface area contributed by atoms with Crippen molar-refractivity contribution in [2.24, 2.45) is 0 Å². The molecule has 0 aliphatic rings. The zero-order valence-corrected chi connectivity index (χ0v) is 20.1. The minimum Gasteiger partial charge on any atom is -0.507 e. The number of ether oxygens (including phenoxy) is 1. The third kappa shape index (κ3) is 5.97. The summed E-state index contributed by atoms with van der Waals surface area (Å²) in [6.07, 6.45) is 0.700. The highest BCUT2D eigenvalue weighted by Crippen LogP contribution is 2.43. The number of aromatic hydroxyl groups is 1. The van der Waals surface area contributed by atoms with Crippen molar-refractivity contribution >= 4 is 0 Å². The van der Waals surface area contributed by atoms with Crippen LogP contribution in [0, 0.1) is 23.3 Å². The van der Waals surface area contributed by atoms with Gasteiger partial charge in [-0.25, -0.2) is 17.6 Å². The first-order valence-corrected chi connectivity index (χ1v) is 11.9. The number of aryl methyl sites for hydroxylation is 2. The summed E-state index contributed by atoms with van der Waals surface area (Å²) >= 11 is 0. The van der Waals surface area contributed by atoms with Crippen LogP contribution in [0.4, 0.5) is 26.3 Å². The molecule has 1 N–H and O–H groups in total. The fourth-order valence-electron chi connectivity index (χ4n) is 3.97. The summed E-state index contributed by atoms with van der Waals surface area (Å²) < 4.78 is 93.7. The lowest BCUT2D eigenvalue weighted by Crippen LogP contribution is -2.25. The number of unbranched alkanes of at least 4 members (excludes halogenated alkanes) is 3. The Kier molecular flexibility index (Phi) is 8.93. The molecule has 0 aromatic heterocycles. The van der Waals surface area contributed by atoms with Gasteiger partial charge in [0.1, 0.15) is 22.9 Å². The summed E-state index contributed by atoms with van der Waals surface area (Å²) in [5.74, 6) is -8.06. The van der Waals surface area contributed by atoms with Crippen molar-refractivity contribution in [3.8, 4) is 22.6 Å². The molecule has 0 fully saturated rings. The zero-order valence-electron chi connectivity index (χ0n) is 20.1. The van der Waals surface area contributed by atoms with Crippen LogP contribution in [0.1, 0.15) is 62.6 Å². The third-order valence-corrected chi connectivity index (χ3v) is 5.96. The van der Waals surface area contributed by atoms with Gasteiger partial charge in [0.15, 0.2) is 17.5 Å². The molecule has 2 nitrogen and oxygen atoms in total. The Balaban J connectivity index is 1.97. The Morgan fingerprint density at radius 1 is 0.778 bits per heavy atom. The van der Waals surface area contributed by atoms with E-state index in [0.717, 1.165) is 43.7 Å². The molecule has 0 radical (unpaired) electrons. The van der Waals surface area contributed by atoms with Crippen LogP contribution in [0.5, 0.6) is 11.5 Å². The highest BCUT2D eigenvalue weighted by atomic mass is 19.3. The summed E-state index contributed by atoms with van der Waals surface area (Å²) in [6.45, 7) is 3.92. The SMILES string of the molecule is CCCCCc1ccc(OC(F)(F)c2c(F)cc(O)c(-c3ccc(CCCC)c(F)c3F)c2F)cc1. The number of phenolic OH excluding ortho intramolecular Hbond substituents is 1. The Labute approximate surface area is 206 Å². The van der Waals surface area contributed by atoms with Crippen molar-refractivity contribution < 1.29 is 36.2 Å². The highest BCUT2D eigenvalue weighted by Gasteiger charge is 2.43. The van der Waals surface area contributed by atoms with Crippen LogP contribution in [0.3, 0.4) is 0 Å². The van der Waals surface area contributed by atoms with Gasteiger partial charge in [-0.05, 0) is 48.9 Å². The molecule has 0 amide bonds. The van der Waals surface area contributed by atoms with E-state index in [0.29, 0.717) is 6.42 Å². The first kappa shape index (κ1) is 27.4. The molecule has 0 bridgehead atoms. The molecule has 194 valence electrons. The number of phenols is 1. The van der Waals surface area contributed by atoms with Gasteiger partial charge in [-0.3, -0.25) is 0 Å². The Morgan fingerprint density at radius 2 is 1.44 bits per heavy atom. The smallest absolute Gasteiger partial charge is 0.432 e. The number of rotatable bonds is 11. The first-order chi connectivity index (χ1) is 17.1. The summed E-state index contributed by atoms with van der Waals surface area (Å²) in [7, 11) is 0. The van der Waals surface area contributed by atoms with E-state index in [4.69, 9.17) is 0 Å². The van der Waals surface area contributed by atoms with Gasteiger partial charge in [0.25, 0.3) is 0 Å². The van der Waals surface area contributed by atoms with Gasteiger partial charge < -0.3 is 9.84 Å². The van der Waals surface area contributed by atoms with Crippen molar-refractivity contribution in [2.75, 3.05) is 0 Å². The molecule has 0 heterocycles. The van der Waals surface area contributed by atoms with E-state index in [9.17, 15) is 27.1 Å². The van der Waals surface area contributed by atoms with E-state index in [2.05, 4.69) is 11.7 Å². The van der Waals surface area contributed by atoms with Crippen molar-refractivity contribution in [1.82, 2.24) is 0 Å². The minimum atomic E-state index is -4.52. The second kappa shape index (κ2) is 11.7. The van der Waals surface area contributed by atoms with Crippen LogP contribution in [0.2, 0.25) is 0 Å². The molecule has 0 aliphatic heterocycles. The fraction of sp³-hybridized carbons (Fsp3) is 0.357. The topological polar surface area (TPSA) is 29.5 Å². The minimum absolute atomic E-state index is 0.0205. The molecular weight excluding hydrogens is 482 g/mol. The lowest BCUT2D eigenvalue weighted by molar-refractivity contribution is -0.189. The van der Waals surface area contributed by atoms with E-state index in [1.54, 1.807) is 12.1 Å². The van der Waals surface area contributed by atoms with Crippen LogP contribution >= 0.6 is 0 Å². The molecule has 0 saturated heterocycles. The molecular formula is C28H28F6O2. The highest BCUT2D eigenvalue weighted by molar-refractivity contribution is 5.73. The predicted octanol–water partition coefficient (Wildman–Crippen LogP) is 8.82. The average molecular weight is 511 g/mol. The summed E-state index contributed by atoms with van der Waals surface area (Å²) in [5.41, 5.74) is -2.80. The Bertz CT molecular complexity index is 1190. The van der Waals surface area contributed by atoms with E-state index >= 15 is 4.39 Å². The van der Waals surface area contributed by atoms with Crippen molar-refractivity contribution in [2.45, 2.75) is 64.9 Å². The van der Waals surface area contributed by atoms with Crippen LogP contribution in [-0.2, 0) is 19.0 Å². The maximum absolute atomic E-state index is 15.3. The third-order valence-electron chi connectivity index (χ3n) is 5.96. The maximum atomic E-state index is 15.3. The van der Waals surface area contributed by atoms with Gasteiger partial charge in [-0.1, -0.05) is 57.4 Å². The first-order valence-electron chi connectivity index (χ1n) is 11.9. The largest absolute Gasteiger partial charge is 0.507 e. The van der Waals surface area contributed by atoms with Gasteiger partial charge in [0, 0.05) is 11.6 Å². The molecule has 0 atom stereocenters.